The highest BCUT2D eigenvalue weighted by Gasteiger charge is 2.24. The van der Waals surface area contributed by atoms with Crippen LogP contribution in [0.15, 0.2) is 42.5 Å². The van der Waals surface area contributed by atoms with Gasteiger partial charge in [-0.1, -0.05) is 49.7 Å². The molecule has 0 saturated carbocycles. The van der Waals surface area contributed by atoms with Crippen molar-refractivity contribution in [3.8, 4) is 0 Å². The van der Waals surface area contributed by atoms with Gasteiger partial charge >= 0.3 is 0 Å². The van der Waals surface area contributed by atoms with Gasteiger partial charge in [0.05, 0.1) is 24.5 Å². The molecule has 4 heteroatoms. The number of rotatable bonds is 3. The molecule has 2 aromatic carbocycles. The lowest BCUT2D eigenvalue weighted by atomic mass is 10.0. The minimum atomic E-state index is 0.0720. The Morgan fingerprint density at radius 3 is 2.59 bits per heavy atom. The second-order valence-electron chi connectivity index (χ2n) is 5.89. The lowest BCUT2D eigenvalue weighted by molar-refractivity contribution is -0.117. The van der Waals surface area contributed by atoms with Crippen molar-refractivity contribution >= 4 is 28.9 Å². The lowest BCUT2D eigenvalue weighted by Crippen LogP contribution is -2.39. The van der Waals surface area contributed by atoms with Gasteiger partial charge in [0.15, 0.2) is 0 Å². The van der Waals surface area contributed by atoms with E-state index in [0.717, 1.165) is 16.9 Å². The average molecular weight is 315 g/mol. The van der Waals surface area contributed by atoms with E-state index in [1.165, 1.54) is 5.56 Å². The average Bonchev–Trinajstić information content (AvgIpc) is 2.50. The molecule has 0 fully saturated rings. The predicted octanol–water partition coefficient (Wildman–Crippen LogP) is 4.42. The molecule has 1 amide bonds. The minimum Gasteiger partial charge on any atom is -0.374 e. The van der Waals surface area contributed by atoms with Gasteiger partial charge in [0.2, 0.25) is 5.91 Å². The van der Waals surface area contributed by atoms with Crippen LogP contribution in [-0.2, 0) is 11.3 Å². The first kappa shape index (κ1) is 14.9. The van der Waals surface area contributed by atoms with Gasteiger partial charge in [-0.05, 0) is 35.2 Å². The molecule has 114 valence electrons. The van der Waals surface area contributed by atoms with Crippen LogP contribution in [0.25, 0.3) is 0 Å². The predicted molar refractivity (Wildman–Crippen MR) is 91.7 cm³/mol. The number of anilines is 2. The summed E-state index contributed by atoms with van der Waals surface area (Å²) in [4.78, 5) is 14.1. The van der Waals surface area contributed by atoms with Crippen LogP contribution in [0, 0.1) is 0 Å². The first-order valence-corrected chi connectivity index (χ1v) is 7.85. The second-order valence-corrected chi connectivity index (χ2v) is 6.33. The van der Waals surface area contributed by atoms with Gasteiger partial charge in [0.1, 0.15) is 0 Å². The highest BCUT2D eigenvalue weighted by atomic mass is 35.5. The van der Waals surface area contributed by atoms with Gasteiger partial charge in [0, 0.05) is 5.02 Å². The molecule has 1 aliphatic heterocycles. The lowest BCUT2D eigenvalue weighted by Gasteiger charge is -2.30. The summed E-state index contributed by atoms with van der Waals surface area (Å²) in [7, 11) is 0. The van der Waals surface area contributed by atoms with Crippen LogP contribution < -0.4 is 10.2 Å². The molecule has 2 aromatic rings. The van der Waals surface area contributed by atoms with E-state index in [0.29, 0.717) is 24.0 Å². The Balaban J connectivity index is 1.87. The smallest absolute Gasteiger partial charge is 0.246 e. The molecule has 0 aromatic heterocycles. The van der Waals surface area contributed by atoms with E-state index in [9.17, 15) is 4.79 Å². The monoisotopic (exact) mass is 314 g/mol. The molecule has 3 rings (SSSR count). The largest absolute Gasteiger partial charge is 0.374 e. The van der Waals surface area contributed by atoms with Crippen LogP contribution >= 0.6 is 11.6 Å². The van der Waals surface area contributed by atoms with Crippen molar-refractivity contribution in [2.75, 3.05) is 16.8 Å². The SMILES string of the molecule is CC(C)c1ccc(CN2C(=O)CNc3cc(Cl)ccc32)cc1. The molecule has 0 radical (unpaired) electrons. The summed E-state index contributed by atoms with van der Waals surface area (Å²) in [6, 6.07) is 14.0. The molecular formula is C18H19ClN2O. The fourth-order valence-electron chi connectivity index (χ4n) is 2.65. The molecule has 0 bridgehead atoms. The summed E-state index contributed by atoms with van der Waals surface area (Å²) >= 11 is 6.02. The number of halogens is 1. The van der Waals surface area contributed by atoms with Crippen LogP contribution in [0.1, 0.15) is 30.9 Å². The number of nitrogens with one attached hydrogen (secondary N) is 1. The van der Waals surface area contributed by atoms with E-state index in [2.05, 4.69) is 43.4 Å². The maximum atomic E-state index is 12.3. The molecule has 0 atom stereocenters. The highest BCUT2D eigenvalue weighted by molar-refractivity contribution is 6.31. The van der Waals surface area contributed by atoms with Crippen molar-refractivity contribution in [3.63, 3.8) is 0 Å². The standard InChI is InChI=1S/C18H19ClN2O/c1-12(2)14-5-3-13(4-6-14)11-21-17-8-7-15(19)9-16(17)20-10-18(21)22/h3-9,12,20H,10-11H2,1-2H3. The molecule has 1 aliphatic rings. The van der Waals surface area contributed by atoms with E-state index < -0.39 is 0 Å². The fourth-order valence-corrected chi connectivity index (χ4v) is 2.82. The Labute approximate surface area is 135 Å². The Bertz CT molecular complexity index is 695. The van der Waals surface area contributed by atoms with Crippen molar-refractivity contribution in [2.24, 2.45) is 0 Å². The molecule has 0 aliphatic carbocycles. The number of nitrogens with zero attached hydrogens (tertiary/aromatic N) is 1. The number of hydrogen-bond donors (Lipinski definition) is 1. The highest BCUT2D eigenvalue weighted by Crippen LogP contribution is 2.33. The van der Waals surface area contributed by atoms with Crippen molar-refractivity contribution in [2.45, 2.75) is 26.3 Å². The molecule has 3 nitrogen and oxygen atoms in total. The molecule has 22 heavy (non-hydrogen) atoms. The van der Waals surface area contributed by atoms with Crippen LogP contribution in [0.2, 0.25) is 5.02 Å². The zero-order valence-electron chi connectivity index (χ0n) is 12.8. The number of benzene rings is 2. The van der Waals surface area contributed by atoms with Gasteiger partial charge in [-0.2, -0.15) is 0 Å². The fraction of sp³-hybridized carbons (Fsp3) is 0.278. The van der Waals surface area contributed by atoms with Gasteiger partial charge < -0.3 is 10.2 Å². The van der Waals surface area contributed by atoms with Gasteiger partial charge in [-0.3, -0.25) is 4.79 Å². The third-order valence-electron chi connectivity index (χ3n) is 3.97. The minimum absolute atomic E-state index is 0.0720. The van der Waals surface area contributed by atoms with Crippen molar-refractivity contribution in [3.05, 3.63) is 58.6 Å². The third kappa shape index (κ3) is 2.95. The normalized spacial score (nSPS) is 14.0. The zero-order valence-corrected chi connectivity index (χ0v) is 13.5. The maximum absolute atomic E-state index is 12.3. The summed E-state index contributed by atoms with van der Waals surface area (Å²) in [5.41, 5.74) is 4.22. The third-order valence-corrected chi connectivity index (χ3v) is 4.20. The number of amides is 1. The molecule has 0 unspecified atom stereocenters. The van der Waals surface area contributed by atoms with Gasteiger partial charge in [-0.25, -0.2) is 0 Å². The molecular weight excluding hydrogens is 296 g/mol. The Morgan fingerprint density at radius 1 is 1.18 bits per heavy atom. The Morgan fingerprint density at radius 2 is 1.91 bits per heavy atom. The van der Waals surface area contributed by atoms with E-state index in [1.807, 2.05) is 23.1 Å². The van der Waals surface area contributed by atoms with E-state index in [1.54, 1.807) is 0 Å². The summed E-state index contributed by atoms with van der Waals surface area (Å²) in [6.07, 6.45) is 0. The zero-order chi connectivity index (χ0) is 15.7. The van der Waals surface area contributed by atoms with Crippen LogP contribution in [0.5, 0.6) is 0 Å². The summed E-state index contributed by atoms with van der Waals surface area (Å²) in [5.74, 6) is 0.584. The summed E-state index contributed by atoms with van der Waals surface area (Å²) in [5, 5.41) is 3.79. The topological polar surface area (TPSA) is 32.3 Å². The van der Waals surface area contributed by atoms with E-state index in [4.69, 9.17) is 11.6 Å². The van der Waals surface area contributed by atoms with Crippen LogP contribution in [-0.4, -0.2) is 12.5 Å². The maximum Gasteiger partial charge on any atom is 0.246 e. The van der Waals surface area contributed by atoms with Crippen molar-refractivity contribution < 1.29 is 4.79 Å². The van der Waals surface area contributed by atoms with Gasteiger partial charge in [-0.15, -0.1) is 0 Å². The molecule has 0 saturated heterocycles. The molecule has 0 spiro atoms. The quantitative estimate of drug-likeness (QED) is 0.909. The van der Waals surface area contributed by atoms with Crippen molar-refractivity contribution in [1.82, 2.24) is 0 Å². The van der Waals surface area contributed by atoms with E-state index in [-0.39, 0.29) is 5.91 Å². The van der Waals surface area contributed by atoms with Gasteiger partial charge in [0.25, 0.3) is 0 Å². The second kappa shape index (κ2) is 6.01. The molecule has 1 heterocycles. The summed E-state index contributed by atoms with van der Waals surface area (Å²) in [6.45, 7) is 5.23. The number of fused-ring (bicyclic) bond motifs is 1. The van der Waals surface area contributed by atoms with Crippen molar-refractivity contribution in [1.29, 1.82) is 0 Å². The Hall–Kier alpha value is -2.00. The Kier molecular flexibility index (Phi) is 4.08. The first-order valence-electron chi connectivity index (χ1n) is 7.47. The van der Waals surface area contributed by atoms with Crippen LogP contribution in [0.3, 0.4) is 0 Å². The number of carbonyl (C=O) groups excluding carboxylic acids is 1. The van der Waals surface area contributed by atoms with Crippen LogP contribution in [0.4, 0.5) is 11.4 Å². The summed E-state index contributed by atoms with van der Waals surface area (Å²) < 4.78 is 0. The number of hydrogen-bond acceptors (Lipinski definition) is 2. The van der Waals surface area contributed by atoms with E-state index >= 15 is 0 Å². The first-order chi connectivity index (χ1) is 10.5. The molecule has 1 N–H and O–H groups in total. The number of carbonyl (C=O) groups is 1.